The Morgan fingerprint density at radius 1 is 1.29 bits per heavy atom. The molecular formula is C21H23FN4O2. The summed E-state index contributed by atoms with van der Waals surface area (Å²) in [6, 6.07) is 8.62. The van der Waals surface area contributed by atoms with Crippen LogP contribution in [0.4, 0.5) is 4.39 Å². The van der Waals surface area contributed by atoms with Crippen molar-refractivity contribution >= 4 is 16.9 Å². The van der Waals surface area contributed by atoms with Gasteiger partial charge in [-0.05, 0) is 55.8 Å². The highest BCUT2D eigenvalue weighted by Crippen LogP contribution is 2.37. The number of rotatable bonds is 5. The number of primary amides is 1. The zero-order valence-corrected chi connectivity index (χ0v) is 15.7. The molecule has 0 saturated carbocycles. The first-order valence-corrected chi connectivity index (χ1v) is 9.37. The van der Waals surface area contributed by atoms with Gasteiger partial charge in [-0.15, -0.1) is 0 Å². The van der Waals surface area contributed by atoms with Gasteiger partial charge in [-0.25, -0.2) is 9.37 Å². The number of amides is 1. The van der Waals surface area contributed by atoms with Crippen molar-refractivity contribution in [1.82, 2.24) is 14.9 Å². The van der Waals surface area contributed by atoms with Crippen molar-refractivity contribution in [3.8, 4) is 16.9 Å². The summed E-state index contributed by atoms with van der Waals surface area (Å²) >= 11 is 0. The van der Waals surface area contributed by atoms with Crippen LogP contribution >= 0.6 is 0 Å². The molecule has 3 aromatic rings. The number of hydrogen-bond donors (Lipinski definition) is 2. The van der Waals surface area contributed by atoms with Crippen LogP contribution in [0.15, 0.2) is 36.5 Å². The van der Waals surface area contributed by atoms with Crippen LogP contribution in [-0.4, -0.2) is 47.5 Å². The SMILES string of the molecule is COc1cc(F)ccc1-c1ccnc2[nH]c(C3CCN(CC(N)=O)CC3)cc12. The Morgan fingerprint density at radius 3 is 2.79 bits per heavy atom. The minimum Gasteiger partial charge on any atom is -0.496 e. The summed E-state index contributed by atoms with van der Waals surface area (Å²) in [7, 11) is 1.54. The molecule has 0 bridgehead atoms. The van der Waals surface area contributed by atoms with Gasteiger partial charge in [-0.2, -0.15) is 0 Å². The van der Waals surface area contributed by atoms with Crippen LogP contribution < -0.4 is 10.5 Å². The zero-order valence-electron chi connectivity index (χ0n) is 15.7. The lowest BCUT2D eigenvalue weighted by atomic mass is 9.93. The third-order valence-corrected chi connectivity index (χ3v) is 5.41. The maximum Gasteiger partial charge on any atom is 0.231 e. The number of carbonyl (C=O) groups is 1. The normalized spacial score (nSPS) is 15.8. The predicted octanol–water partition coefficient (Wildman–Crippen LogP) is 3.04. The molecule has 0 radical (unpaired) electrons. The number of aromatic amines is 1. The third-order valence-electron chi connectivity index (χ3n) is 5.41. The smallest absolute Gasteiger partial charge is 0.231 e. The second-order valence-corrected chi connectivity index (χ2v) is 7.21. The molecule has 7 heteroatoms. The number of piperidine rings is 1. The average molecular weight is 382 g/mol. The van der Waals surface area contributed by atoms with Crippen LogP contribution in [0.3, 0.4) is 0 Å². The molecular weight excluding hydrogens is 359 g/mol. The highest BCUT2D eigenvalue weighted by molar-refractivity contribution is 5.95. The van der Waals surface area contributed by atoms with Gasteiger partial charge in [0.2, 0.25) is 5.91 Å². The Balaban J connectivity index is 1.64. The highest BCUT2D eigenvalue weighted by atomic mass is 19.1. The molecule has 1 amide bonds. The Kier molecular flexibility index (Phi) is 5.00. The molecule has 3 N–H and O–H groups in total. The van der Waals surface area contributed by atoms with E-state index in [0.717, 1.165) is 53.8 Å². The summed E-state index contributed by atoms with van der Waals surface area (Å²) in [6.07, 6.45) is 3.65. The Bertz CT molecular complexity index is 1010. The number of benzene rings is 1. The van der Waals surface area contributed by atoms with E-state index in [1.165, 1.54) is 12.1 Å². The van der Waals surface area contributed by atoms with Crippen molar-refractivity contribution in [2.24, 2.45) is 5.73 Å². The lowest BCUT2D eigenvalue weighted by Crippen LogP contribution is -2.39. The number of aromatic nitrogens is 2. The maximum absolute atomic E-state index is 13.6. The fourth-order valence-corrected chi connectivity index (χ4v) is 4.01. The van der Waals surface area contributed by atoms with E-state index in [0.29, 0.717) is 18.2 Å². The molecule has 1 aliphatic rings. The van der Waals surface area contributed by atoms with Crippen LogP contribution in [0, 0.1) is 5.82 Å². The minimum atomic E-state index is -0.330. The topological polar surface area (TPSA) is 84.2 Å². The molecule has 28 heavy (non-hydrogen) atoms. The Morgan fingerprint density at radius 2 is 2.07 bits per heavy atom. The number of hydrogen-bond acceptors (Lipinski definition) is 4. The van der Waals surface area contributed by atoms with Crippen molar-refractivity contribution < 1.29 is 13.9 Å². The summed E-state index contributed by atoms with van der Waals surface area (Å²) in [5.74, 6) is 0.255. The number of carbonyl (C=O) groups excluding carboxylic acids is 1. The quantitative estimate of drug-likeness (QED) is 0.710. The highest BCUT2D eigenvalue weighted by Gasteiger charge is 2.23. The molecule has 4 rings (SSSR count). The Hall–Kier alpha value is -2.93. The van der Waals surface area contributed by atoms with Crippen molar-refractivity contribution in [2.75, 3.05) is 26.7 Å². The number of likely N-dealkylation sites (tertiary alicyclic amines) is 1. The van der Waals surface area contributed by atoms with E-state index in [2.05, 4.69) is 20.9 Å². The molecule has 6 nitrogen and oxygen atoms in total. The van der Waals surface area contributed by atoms with Crippen molar-refractivity contribution in [2.45, 2.75) is 18.8 Å². The van der Waals surface area contributed by atoms with Gasteiger partial charge in [0.1, 0.15) is 17.2 Å². The lowest BCUT2D eigenvalue weighted by molar-refractivity contribution is -0.119. The zero-order chi connectivity index (χ0) is 19.7. The van der Waals surface area contributed by atoms with Crippen molar-refractivity contribution in [3.63, 3.8) is 0 Å². The number of H-pyrrole nitrogens is 1. The van der Waals surface area contributed by atoms with Crippen LogP contribution in [0.5, 0.6) is 5.75 Å². The first kappa shape index (κ1) is 18.4. The lowest BCUT2D eigenvalue weighted by Gasteiger charge is -2.30. The summed E-state index contributed by atoms with van der Waals surface area (Å²) in [4.78, 5) is 21.1. The van der Waals surface area contributed by atoms with E-state index < -0.39 is 0 Å². The van der Waals surface area contributed by atoms with Gasteiger partial charge in [0.05, 0.1) is 13.7 Å². The standard InChI is InChI=1S/C21H23FN4O2/c1-28-19-10-14(22)2-3-16(19)15-4-7-24-21-17(15)11-18(25-21)13-5-8-26(9-6-13)12-20(23)27/h2-4,7,10-11,13H,5-6,8-9,12H2,1H3,(H2,23,27)(H,24,25). The molecule has 146 valence electrons. The van der Waals surface area contributed by atoms with Gasteiger partial charge in [0.15, 0.2) is 0 Å². The number of nitrogens with zero attached hydrogens (tertiary/aromatic N) is 2. The number of halogens is 1. The van der Waals surface area contributed by atoms with Gasteiger partial charge in [0, 0.05) is 34.8 Å². The fourth-order valence-electron chi connectivity index (χ4n) is 4.01. The number of nitrogens with two attached hydrogens (primary N) is 1. The van der Waals surface area contributed by atoms with Crippen LogP contribution in [0.1, 0.15) is 24.5 Å². The number of nitrogens with one attached hydrogen (secondary N) is 1. The van der Waals surface area contributed by atoms with Crippen LogP contribution in [0.2, 0.25) is 0 Å². The largest absolute Gasteiger partial charge is 0.496 e. The van der Waals surface area contributed by atoms with E-state index in [1.807, 2.05) is 6.07 Å². The Labute approximate surface area is 162 Å². The molecule has 0 unspecified atom stereocenters. The van der Waals surface area contributed by atoms with Gasteiger partial charge in [0.25, 0.3) is 0 Å². The second kappa shape index (κ2) is 7.59. The number of pyridine rings is 1. The fraction of sp³-hybridized carbons (Fsp3) is 0.333. The number of fused-ring (bicyclic) bond motifs is 1. The van der Waals surface area contributed by atoms with E-state index in [-0.39, 0.29) is 11.7 Å². The molecule has 1 saturated heterocycles. The first-order valence-electron chi connectivity index (χ1n) is 9.37. The number of ether oxygens (including phenoxy) is 1. The monoisotopic (exact) mass is 382 g/mol. The number of methoxy groups -OCH3 is 1. The first-order chi connectivity index (χ1) is 13.5. The molecule has 0 spiro atoms. The van der Waals surface area contributed by atoms with E-state index in [1.54, 1.807) is 19.4 Å². The van der Waals surface area contributed by atoms with Gasteiger partial charge >= 0.3 is 0 Å². The van der Waals surface area contributed by atoms with Gasteiger partial charge in [-0.1, -0.05) is 0 Å². The van der Waals surface area contributed by atoms with Crippen LogP contribution in [-0.2, 0) is 4.79 Å². The van der Waals surface area contributed by atoms with E-state index in [4.69, 9.17) is 10.5 Å². The molecule has 3 heterocycles. The molecule has 1 fully saturated rings. The van der Waals surface area contributed by atoms with Crippen molar-refractivity contribution in [1.29, 1.82) is 0 Å². The summed E-state index contributed by atoms with van der Waals surface area (Å²) in [6.45, 7) is 2.00. The maximum atomic E-state index is 13.6. The third kappa shape index (κ3) is 3.57. The minimum absolute atomic E-state index is 0.286. The van der Waals surface area contributed by atoms with Gasteiger partial charge < -0.3 is 15.5 Å². The predicted molar refractivity (Wildman–Crippen MR) is 106 cm³/mol. The molecule has 0 aliphatic carbocycles. The summed E-state index contributed by atoms with van der Waals surface area (Å²) < 4.78 is 19.0. The van der Waals surface area contributed by atoms with Crippen molar-refractivity contribution in [3.05, 3.63) is 48.0 Å². The van der Waals surface area contributed by atoms with Gasteiger partial charge in [-0.3, -0.25) is 9.69 Å². The molecule has 2 aromatic heterocycles. The molecule has 1 aliphatic heterocycles. The van der Waals surface area contributed by atoms with E-state index in [9.17, 15) is 9.18 Å². The summed E-state index contributed by atoms with van der Waals surface area (Å²) in [5.41, 5.74) is 9.02. The summed E-state index contributed by atoms with van der Waals surface area (Å²) in [5, 5.41) is 0.988. The molecule has 0 atom stereocenters. The molecule has 1 aromatic carbocycles. The second-order valence-electron chi connectivity index (χ2n) is 7.21. The van der Waals surface area contributed by atoms with Crippen LogP contribution in [0.25, 0.3) is 22.2 Å². The van der Waals surface area contributed by atoms with E-state index >= 15 is 0 Å². The average Bonchev–Trinajstić information content (AvgIpc) is 3.12.